The number of aromatic nitrogens is 2. The summed E-state index contributed by atoms with van der Waals surface area (Å²) in [5, 5.41) is 2.30. The van der Waals surface area contributed by atoms with Crippen LogP contribution in [0.15, 0.2) is 121 Å². The zero-order valence-electron chi connectivity index (χ0n) is 30.7. The van der Waals surface area contributed by atoms with Crippen molar-refractivity contribution < 1.29 is 0 Å². The number of benzene rings is 5. The molecule has 0 N–H and O–H groups in total. The van der Waals surface area contributed by atoms with Gasteiger partial charge in [0.25, 0.3) is 0 Å². The van der Waals surface area contributed by atoms with Crippen LogP contribution < -0.4 is 0 Å². The van der Waals surface area contributed by atoms with E-state index in [-0.39, 0.29) is 0 Å². The van der Waals surface area contributed by atoms with Crippen molar-refractivity contribution in [3.63, 3.8) is 0 Å². The molecular weight excluding hydrogens is 629 g/mol. The van der Waals surface area contributed by atoms with Crippen molar-refractivity contribution in [1.29, 1.82) is 0 Å². The molecule has 5 aromatic carbocycles. The number of fused-ring (bicyclic) bond motifs is 3. The lowest BCUT2D eigenvalue weighted by Gasteiger charge is -2.26. The second-order valence-electron chi connectivity index (χ2n) is 15.4. The Morgan fingerprint density at radius 2 is 0.827 bits per heavy atom. The average Bonchev–Trinajstić information content (AvgIpc) is 3.21. The number of rotatable bonds is 6. The van der Waals surface area contributed by atoms with Crippen LogP contribution in [-0.2, 0) is 0 Å². The van der Waals surface area contributed by atoms with Gasteiger partial charge in [0, 0.05) is 21.9 Å². The van der Waals surface area contributed by atoms with Crippen molar-refractivity contribution in [3.05, 3.63) is 144 Å². The molecule has 258 valence electrons. The fourth-order valence-electron chi connectivity index (χ4n) is 9.53. The van der Waals surface area contributed by atoms with Gasteiger partial charge < -0.3 is 0 Å². The minimum Gasteiger partial charge on any atom is -0.245 e. The topological polar surface area (TPSA) is 25.8 Å². The van der Waals surface area contributed by atoms with E-state index >= 15 is 0 Å². The molecule has 52 heavy (non-hydrogen) atoms. The first-order valence-electron chi connectivity index (χ1n) is 19.7. The van der Waals surface area contributed by atoms with E-state index in [0.717, 1.165) is 33.2 Å². The Kier molecular flexibility index (Phi) is 8.93. The zero-order valence-corrected chi connectivity index (χ0v) is 30.7. The molecule has 9 rings (SSSR count). The van der Waals surface area contributed by atoms with Crippen molar-refractivity contribution in [2.45, 2.75) is 89.9 Å². The van der Waals surface area contributed by atoms with E-state index in [1.807, 2.05) is 0 Å². The summed E-state index contributed by atoms with van der Waals surface area (Å²) < 4.78 is 0. The molecule has 2 aromatic heterocycles. The molecule has 0 bridgehead atoms. The Bertz CT molecular complexity index is 2210. The van der Waals surface area contributed by atoms with Gasteiger partial charge in [-0.15, -0.1) is 0 Å². The Balaban J connectivity index is 1.37. The predicted octanol–water partition coefficient (Wildman–Crippen LogP) is 14.2. The molecule has 0 unspecified atom stereocenters. The Labute approximate surface area is 309 Å². The highest BCUT2D eigenvalue weighted by Gasteiger charge is 2.25. The number of hydrogen-bond acceptors (Lipinski definition) is 2. The minimum atomic E-state index is 0.572. The van der Waals surface area contributed by atoms with Crippen LogP contribution in [-0.4, -0.2) is 9.97 Å². The molecule has 0 saturated heterocycles. The van der Waals surface area contributed by atoms with Gasteiger partial charge in [0.05, 0.1) is 22.4 Å². The summed E-state index contributed by atoms with van der Waals surface area (Å²) in [6.45, 7) is 4.54. The van der Waals surface area contributed by atoms with Crippen LogP contribution >= 0.6 is 0 Å². The minimum absolute atomic E-state index is 0.572. The van der Waals surface area contributed by atoms with Gasteiger partial charge in [0.15, 0.2) is 0 Å². The van der Waals surface area contributed by atoms with Crippen LogP contribution in [0.4, 0.5) is 0 Å². The molecule has 0 spiro atoms. The number of hydrogen-bond donors (Lipinski definition) is 0. The van der Waals surface area contributed by atoms with Gasteiger partial charge in [-0.2, -0.15) is 0 Å². The predicted molar refractivity (Wildman–Crippen MR) is 220 cm³/mol. The van der Waals surface area contributed by atoms with Crippen molar-refractivity contribution in [1.82, 2.24) is 9.97 Å². The van der Waals surface area contributed by atoms with Gasteiger partial charge in [-0.1, -0.05) is 148 Å². The van der Waals surface area contributed by atoms with Crippen LogP contribution in [0.25, 0.3) is 66.6 Å². The smallest absolute Gasteiger partial charge is 0.0978 e. The van der Waals surface area contributed by atoms with E-state index in [1.165, 1.54) is 120 Å². The lowest BCUT2D eigenvalue weighted by Crippen LogP contribution is -2.08. The van der Waals surface area contributed by atoms with Gasteiger partial charge in [0.1, 0.15) is 0 Å². The number of aryl methyl sites for hydroxylation is 2. The normalized spacial score (nSPS) is 15.7. The van der Waals surface area contributed by atoms with E-state index in [4.69, 9.17) is 9.97 Å². The first-order chi connectivity index (χ1) is 25.6. The van der Waals surface area contributed by atoms with Crippen LogP contribution in [0.1, 0.15) is 98.3 Å². The Morgan fingerprint density at radius 3 is 1.23 bits per heavy atom. The SMILES string of the molecule is Cc1cccc(C2CCCCC2)c1-c1cc(-c2ccccc2)c2ccc3c(-c4ccccc4)cc(-c4c(C)cccc4C4CCCCC4)nc3c2n1. The molecule has 0 aliphatic heterocycles. The van der Waals surface area contributed by atoms with Gasteiger partial charge in [-0.05, 0) is 108 Å². The highest BCUT2D eigenvalue weighted by Crippen LogP contribution is 2.45. The number of nitrogens with zero attached hydrogens (tertiary/aromatic N) is 2. The van der Waals surface area contributed by atoms with Gasteiger partial charge in [-0.25, -0.2) is 9.97 Å². The fourth-order valence-corrected chi connectivity index (χ4v) is 9.53. The molecule has 0 radical (unpaired) electrons. The molecule has 2 saturated carbocycles. The highest BCUT2D eigenvalue weighted by atomic mass is 14.8. The molecule has 2 aliphatic carbocycles. The molecule has 2 nitrogen and oxygen atoms in total. The zero-order chi connectivity index (χ0) is 35.0. The Morgan fingerprint density at radius 1 is 0.423 bits per heavy atom. The molecule has 7 aromatic rings. The summed E-state index contributed by atoms with van der Waals surface area (Å²) in [4.78, 5) is 11.4. The van der Waals surface area contributed by atoms with E-state index in [0.29, 0.717) is 11.8 Å². The third kappa shape index (κ3) is 6.03. The third-order valence-corrected chi connectivity index (χ3v) is 12.1. The molecule has 2 aliphatic rings. The first-order valence-corrected chi connectivity index (χ1v) is 19.7. The summed E-state index contributed by atoms with van der Waals surface area (Å²) in [5.41, 5.74) is 17.1. The fraction of sp³-hybridized carbons (Fsp3) is 0.280. The van der Waals surface area contributed by atoms with Crippen LogP contribution in [0.5, 0.6) is 0 Å². The highest BCUT2D eigenvalue weighted by molar-refractivity contribution is 6.13. The lowest BCUT2D eigenvalue weighted by molar-refractivity contribution is 0.444. The maximum atomic E-state index is 5.72. The molecule has 2 heteroatoms. The van der Waals surface area contributed by atoms with Crippen molar-refractivity contribution in [2.24, 2.45) is 0 Å². The van der Waals surface area contributed by atoms with Crippen molar-refractivity contribution >= 4 is 21.8 Å². The quantitative estimate of drug-likeness (QED) is 0.164. The summed E-state index contributed by atoms with van der Waals surface area (Å²) >= 11 is 0. The van der Waals surface area contributed by atoms with Crippen molar-refractivity contribution in [2.75, 3.05) is 0 Å². The van der Waals surface area contributed by atoms with E-state index in [9.17, 15) is 0 Å². The van der Waals surface area contributed by atoms with Gasteiger partial charge >= 0.3 is 0 Å². The van der Waals surface area contributed by atoms with Gasteiger partial charge in [0.2, 0.25) is 0 Å². The van der Waals surface area contributed by atoms with E-state index in [1.54, 1.807) is 0 Å². The standard InChI is InChI=1S/C50H48N2/c1-33-17-15-27-39(35-19-7-3-8-20-35)47(33)45-31-43(37-23-11-5-12-24-37)41-29-30-42-44(38-25-13-6-14-26-38)32-46(52-50(42)49(41)51-45)48-34(2)18-16-28-40(48)36-21-9-4-10-22-36/h5-6,11-18,23-32,35-36H,3-4,7-10,19-22H2,1-2H3. The van der Waals surface area contributed by atoms with Crippen LogP contribution in [0, 0.1) is 13.8 Å². The maximum Gasteiger partial charge on any atom is 0.0978 e. The first kappa shape index (κ1) is 32.8. The van der Waals surface area contributed by atoms with Crippen molar-refractivity contribution in [3.8, 4) is 44.8 Å². The largest absolute Gasteiger partial charge is 0.245 e. The van der Waals surface area contributed by atoms with Crippen LogP contribution in [0.2, 0.25) is 0 Å². The molecule has 0 amide bonds. The summed E-state index contributed by atoms with van der Waals surface area (Å²) in [5.74, 6) is 1.14. The number of pyridine rings is 2. The molecule has 2 fully saturated rings. The second kappa shape index (κ2) is 14.2. The molecular formula is C50H48N2. The summed E-state index contributed by atoms with van der Waals surface area (Å²) in [6, 6.07) is 44.9. The third-order valence-electron chi connectivity index (χ3n) is 12.1. The molecule has 2 heterocycles. The molecule has 0 atom stereocenters. The maximum absolute atomic E-state index is 5.72. The summed E-state index contributed by atoms with van der Waals surface area (Å²) in [7, 11) is 0. The Hall–Kier alpha value is -5.08. The average molecular weight is 677 g/mol. The van der Waals surface area contributed by atoms with Crippen LogP contribution in [0.3, 0.4) is 0 Å². The summed E-state index contributed by atoms with van der Waals surface area (Å²) in [6.07, 6.45) is 12.9. The monoisotopic (exact) mass is 676 g/mol. The van der Waals surface area contributed by atoms with E-state index in [2.05, 4.69) is 135 Å². The lowest BCUT2D eigenvalue weighted by atomic mass is 9.80. The van der Waals surface area contributed by atoms with E-state index < -0.39 is 0 Å². The second-order valence-corrected chi connectivity index (χ2v) is 15.4. The van der Waals surface area contributed by atoms with Gasteiger partial charge in [-0.3, -0.25) is 0 Å².